The molecule has 1 fully saturated rings. The van der Waals surface area contributed by atoms with Gasteiger partial charge in [0, 0.05) is 48.5 Å². The maximum atomic E-state index is 15.0. The molecule has 3 aromatic heterocycles. The number of halogens is 3. The lowest BCUT2D eigenvalue weighted by Gasteiger charge is -2.33. The Hall–Kier alpha value is -3.37. The van der Waals surface area contributed by atoms with E-state index >= 15 is 0 Å². The molecule has 1 saturated heterocycles. The lowest BCUT2D eigenvalue weighted by molar-refractivity contribution is 0.0395. The lowest BCUT2D eigenvalue weighted by Crippen LogP contribution is -2.39. The number of nitrogens with zero attached hydrogens (tertiary/aromatic N) is 6. The second kappa shape index (κ2) is 9.35. The molecular formula is C24H23ClF2N6O2. The molecule has 1 aromatic carbocycles. The summed E-state index contributed by atoms with van der Waals surface area (Å²) in [6, 6.07) is 6.02. The number of fused-ring (bicyclic) bond motifs is 1. The normalized spacial score (nSPS) is 16.3. The van der Waals surface area contributed by atoms with Crippen molar-refractivity contribution in [3.63, 3.8) is 0 Å². The number of alkyl halides is 1. The van der Waals surface area contributed by atoms with Crippen LogP contribution in [0.3, 0.4) is 0 Å². The number of morpholine rings is 1. The fourth-order valence-electron chi connectivity index (χ4n) is 4.23. The van der Waals surface area contributed by atoms with Crippen LogP contribution < -0.4 is 10.5 Å². The molecular weight excluding hydrogens is 478 g/mol. The number of hydrogen-bond donors (Lipinski definition) is 0. The summed E-state index contributed by atoms with van der Waals surface area (Å²) >= 11 is 5.96. The Morgan fingerprint density at radius 2 is 2.09 bits per heavy atom. The summed E-state index contributed by atoms with van der Waals surface area (Å²) in [5.41, 5.74) is 1.32. The molecule has 0 aliphatic carbocycles. The van der Waals surface area contributed by atoms with Crippen molar-refractivity contribution in [2.75, 3.05) is 31.3 Å². The second-order valence-corrected chi connectivity index (χ2v) is 8.84. The van der Waals surface area contributed by atoms with Gasteiger partial charge in [0.2, 0.25) is 0 Å². The molecule has 0 spiro atoms. The highest BCUT2D eigenvalue weighted by Crippen LogP contribution is 2.32. The van der Waals surface area contributed by atoms with Gasteiger partial charge in [-0.05, 0) is 25.1 Å². The van der Waals surface area contributed by atoms with Crippen LogP contribution >= 0.6 is 11.6 Å². The van der Waals surface area contributed by atoms with Gasteiger partial charge in [-0.25, -0.2) is 18.7 Å². The smallest absolute Gasteiger partial charge is 0.263 e. The van der Waals surface area contributed by atoms with Gasteiger partial charge >= 0.3 is 0 Å². The summed E-state index contributed by atoms with van der Waals surface area (Å²) in [6.45, 7) is 2.83. The fourth-order valence-corrected chi connectivity index (χ4v) is 4.39. The molecule has 4 heterocycles. The van der Waals surface area contributed by atoms with Crippen molar-refractivity contribution >= 4 is 28.3 Å². The zero-order valence-electron chi connectivity index (χ0n) is 19.2. The van der Waals surface area contributed by atoms with Crippen LogP contribution in [0.1, 0.15) is 17.5 Å². The van der Waals surface area contributed by atoms with Gasteiger partial charge in [0.25, 0.3) is 5.56 Å². The third kappa shape index (κ3) is 4.39. The van der Waals surface area contributed by atoms with Crippen LogP contribution in [0.25, 0.3) is 22.2 Å². The summed E-state index contributed by atoms with van der Waals surface area (Å²) in [5.74, 6) is 0.500. The third-order valence-corrected chi connectivity index (χ3v) is 6.42. The van der Waals surface area contributed by atoms with Gasteiger partial charge < -0.3 is 9.64 Å². The summed E-state index contributed by atoms with van der Waals surface area (Å²) in [7, 11) is 1.62. The minimum atomic E-state index is -0.578. The molecule has 0 unspecified atom stereocenters. The molecule has 0 bridgehead atoms. The monoisotopic (exact) mass is 500 g/mol. The molecule has 8 nitrogen and oxygen atoms in total. The average Bonchev–Trinajstić information content (AvgIpc) is 3.31. The molecule has 1 aliphatic rings. The maximum absolute atomic E-state index is 15.0. The fraction of sp³-hybridized carbons (Fsp3) is 0.333. The number of aryl methyl sites for hydroxylation is 2. The molecule has 0 radical (unpaired) electrons. The van der Waals surface area contributed by atoms with Gasteiger partial charge in [0.1, 0.15) is 30.2 Å². The highest BCUT2D eigenvalue weighted by atomic mass is 35.5. The Morgan fingerprint density at radius 3 is 2.86 bits per heavy atom. The number of aromatic nitrogens is 5. The van der Waals surface area contributed by atoms with E-state index < -0.39 is 12.5 Å². The van der Waals surface area contributed by atoms with Gasteiger partial charge in [0.15, 0.2) is 0 Å². The van der Waals surface area contributed by atoms with Gasteiger partial charge in [-0.15, -0.1) is 0 Å². The van der Waals surface area contributed by atoms with Crippen molar-refractivity contribution in [1.82, 2.24) is 24.3 Å². The summed E-state index contributed by atoms with van der Waals surface area (Å²) in [6.07, 6.45) is 3.13. The Balaban J connectivity index is 1.61. The first-order chi connectivity index (χ1) is 16.9. The number of benzene rings is 1. The molecule has 35 heavy (non-hydrogen) atoms. The first-order valence-corrected chi connectivity index (χ1v) is 11.5. The van der Waals surface area contributed by atoms with Crippen LogP contribution in [0.4, 0.5) is 14.6 Å². The third-order valence-electron chi connectivity index (χ3n) is 6.19. The van der Waals surface area contributed by atoms with Crippen molar-refractivity contribution in [3.8, 4) is 11.3 Å². The highest BCUT2D eigenvalue weighted by Gasteiger charge is 2.26. The van der Waals surface area contributed by atoms with E-state index in [4.69, 9.17) is 21.3 Å². The molecule has 182 valence electrons. The van der Waals surface area contributed by atoms with E-state index in [9.17, 15) is 13.6 Å². The van der Waals surface area contributed by atoms with Crippen molar-refractivity contribution in [1.29, 1.82) is 0 Å². The van der Waals surface area contributed by atoms with E-state index in [-0.39, 0.29) is 39.9 Å². The van der Waals surface area contributed by atoms with Crippen LogP contribution in [0, 0.1) is 12.7 Å². The number of anilines is 1. The van der Waals surface area contributed by atoms with Crippen LogP contribution in [-0.4, -0.2) is 50.7 Å². The largest absolute Gasteiger partial charge is 0.370 e. The van der Waals surface area contributed by atoms with E-state index in [2.05, 4.69) is 10.1 Å². The first kappa shape index (κ1) is 23.4. The van der Waals surface area contributed by atoms with Crippen LogP contribution in [0.2, 0.25) is 5.02 Å². The van der Waals surface area contributed by atoms with Gasteiger partial charge in [-0.1, -0.05) is 11.6 Å². The molecule has 5 rings (SSSR count). The molecule has 0 saturated carbocycles. The van der Waals surface area contributed by atoms with Crippen LogP contribution in [0.15, 0.2) is 41.5 Å². The molecule has 0 N–H and O–H groups in total. The second-order valence-electron chi connectivity index (χ2n) is 8.40. The molecule has 1 aliphatic heterocycles. The zero-order valence-corrected chi connectivity index (χ0v) is 20.0. The van der Waals surface area contributed by atoms with Gasteiger partial charge in [-0.3, -0.25) is 14.0 Å². The van der Waals surface area contributed by atoms with E-state index in [0.717, 1.165) is 5.56 Å². The lowest BCUT2D eigenvalue weighted by atomic mass is 10.1. The van der Waals surface area contributed by atoms with Gasteiger partial charge in [-0.2, -0.15) is 5.10 Å². The van der Waals surface area contributed by atoms with Crippen molar-refractivity contribution < 1.29 is 13.5 Å². The van der Waals surface area contributed by atoms with Crippen molar-refractivity contribution in [2.24, 2.45) is 7.05 Å². The Bertz CT molecular complexity index is 1470. The minimum absolute atomic E-state index is 0.168. The van der Waals surface area contributed by atoms with Crippen LogP contribution in [-0.2, 0) is 18.3 Å². The molecule has 0 amide bonds. The van der Waals surface area contributed by atoms with Crippen molar-refractivity contribution in [3.05, 3.63) is 69.2 Å². The standard InChI is InChI=1S/C24H23ClF2N6O2/c1-14-29-19-10-21(32-7-8-35-20(13-32)15-11-28-33(12-15)6-5-26)30-23(22(19)24(34)31(14)2)17-4-3-16(25)9-18(17)27/h3-4,9-12,20H,5-8,13H2,1-2H3/t20-/m1/s1. The Kier molecular flexibility index (Phi) is 6.24. The van der Waals surface area contributed by atoms with Crippen molar-refractivity contribution in [2.45, 2.75) is 19.6 Å². The van der Waals surface area contributed by atoms with E-state index in [0.29, 0.717) is 36.9 Å². The number of hydrogen-bond acceptors (Lipinski definition) is 6. The summed E-state index contributed by atoms with van der Waals surface area (Å²) in [4.78, 5) is 24.5. The predicted octanol–water partition coefficient (Wildman–Crippen LogP) is 3.84. The van der Waals surface area contributed by atoms with Gasteiger partial charge in [0.05, 0.1) is 35.9 Å². The summed E-state index contributed by atoms with van der Waals surface area (Å²) < 4.78 is 36.5. The Morgan fingerprint density at radius 1 is 1.26 bits per heavy atom. The molecule has 4 aromatic rings. The average molecular weight is 501 g/mol. The maximum Gasteiger partial charge on any atom is 0.263 e. The molecule has 1 atom stereocenters. The summed E-state index contributed by atoms with van der Waals surface area (Å²) in [5, 5.41) is 4.67. The van der Waals surface area contributed by atoms with E-state index in [1.807, 2.05) is 4.90 Å². The first-order valence-electron chi connectivity index (χ1n) is 11.1. The number of ether oxygens (including phenoxy) is 1. The van der Waals surface area contributed by atoms with Crippen LogP contribution in [0.5, 0.6) is 0 Å². The highest BCUT2D eigenvalue weighted by molar-refractivity contribution is 6.30. The van der Waals surface area contributed by atoms with E-state index in [1.54, 1.807) is 38.5 Å². The zero-order chi connectivity index (χ0) is 24.7. The quantitative estimate of drug-likeness (QED) is 0.414. The predicted molar refractivity (Wildman–Crippen MR) is 129 cm³/mol. The Labute approximate surface area is 204 Å². The minimum Gasteiger partial charge on any atom is -0.370 e. The number of pyridine rings is 1. The molecule has 11 heteroatoms. The topological polar surface area (TPSA) is 78.1 Å². The van der Waals surface area contributed by atoms with E-state index in [1.165, 1.54) is 21.4 Å². The number of rotatable bonds is 5. The SMILES string of the molecule is Cc1nc2cc(N3CCO[C@@H](c4cnn(CCF)c4)C3)nc(-c3ccc(Cl)cc3F)c2c(=O)n1C.